The molecule has 0 fully saturated rings. The minimum absolute atomic E-state index is 0.140. The van der Waals surface area contributed by atoms with E-state index in [4.69, 9.17) is 4.43 Å². The largest absolute Gasteiger partial charge is 0.408 e. The Bertz CT molecular complexity index is 810. The molecule has 27 heavy (non-hydrogen) atoms. The number of nitriles is 1. The molecule has 1 heterocycles. The van der Waals surface area contributed by atoms with E-state index in [-0.39, 0.29) is 11.5 Å². The molecule has 2 rings (SSSR count). The van der Waals surface area contributed by atoms with Gasteiger partial charge in [0.05, 0.1) is 47.6 Å². The zero-order valence-electron chi connectivity index (χ0n) is 17.3. The average molecular weight is 385 g/mol. The van der Waals surface area contributed by atoms with Gasteiger partial charge in [-0.3, -0.25) is 0 Å². The van der Waals surface area contributed by atoms with Gasteiger partial charge in [-0.2, -0.15) is 5.26 Å². The first-order valence-corrected chi connectivity index (χ1v) is 11.6. The Labute approximate surface area is 164 Å². The third kappa shape index (κ3) is 4.86. The van der Waals surface area contributed by atoms with Gasteiger partial charge in [-0.1, -0.05) is 39.0 Å². The average Bonchev–Trinajstić information content (AvgIpc) is 2.99. The number of nitrogens with zero attached hydrogens (tertiary/aromatic N) is 3. The van der Waals surface area contributed by atoms with Gasteiger partial charge in [-0.05, 0) is 44.0 Å². The third-order valence-electron chi connectivity index (χ3n) is 4.43. The van der Waals surface area contributed by atoms with Gasteiger partial charge in [-0.15, -0.1) is 0 Å². The summed E-state index contributed by atoms with van der Waals surface area (Å²) in [6.07, 6.45) is 3.38. The van der Waals surface area contributed by atoms with Crippen LogP contribution in [0.25, 0.3) is 0 Å². The number of aromatic nitrogens is 2. The fourth-order valence-electron chi connectivity index (χ4n) is 3.36. The van der Waals surface area contributed by atoms with E-state index in [0.717, 1.165) is 11.3 Å². The fourth-order valence-corrected chi connectivity index (χ4v) is 4.30. The minimum atomic E-state index is -1.10. The van der Waals surface area contributed by atoms with E-state index in [1.807, 2.05) is 29.0 Å². The summed E-state index contributed by atoms with van der Waals surface area (Å²) in [5, 5.41) is 20.6. The standard InChI is InChI=1S/C21H30N3O2Si/c1-20(2,3)19(26-27(6)7)17-13-23-14-24(17)18(21(4,5)25)16-11-9-8-10-15(16)12-22/h8-11,13-14,18-19,25H,1-7H3. The number of rotatable bonds is 6. The van der Waals surface area contributed by atoms with Crippen molar-refractivity contribution in [2.24, 2.45) is 5.41 Å². The van der Waals surface area contributed by atoms with Crippen LogP contribution in [0.1, 0.15) is 63.6 Å². The number of hydrogen-bond donors (Lipinski definition) is 1. The third-order valence-corrected chi connectivity index (χ3v) is 5.14. The molecule has 5 nitrogen and oxygen atoms in total. The molecule has 0 spiro atoms. The molecular weight excluding hydrogens is 354 g/mol. The lowest BCUT2D eigenvalue weighted by atomic mass is 9.85. The molecule has 0 amide bonds. The highest BCUT2D eigenvalue weighted by atomic mass is 28.3. The van der Waals surface area contributed by atoms with Crippen LogP contribution in [0.2, 0.25) is 13.1 Å². The summed E-state index contributed by atoms with van der Waals surface area (Å²) >= 11 is 0. The molecule has 0 saturated carbocycles. The van der Waals surface area contributed by atoms with Crippen LogP contribution in [0.4, 0.5) is 0 Å². The van der Waals surface area contributed by atoms with Crippen molar-refractivity contribution >= 4 is 9.04 Å². The van der Waals surface area contributed by atoms with Crippen LogP contribution in [0.3, 0.4) is 0 Å². The van der Waals surface area contributed by atoms with E-state index in [1.54, 1.807) is 26.2 Å². The maximum Gasteiger partial charge on any atom is 0.205 e. The van der Waals surface area contributed by atoms with Crippen LogP contribution in [0, 0.1) is 16.7 Å². The van der Waals surface area contributed by atoms with Crippen LogP contribution in [-0.2, 0) is 4.43 Å². The molecule has 0 bridgehead atoms. The molecule has 0 aliphatic carbocycles. The van der Waals surface area contributed by atoms with Gasteiger partial charge in [-0.25, -0.2) is 4.98 Å². The second-order valence-electron chi connectivity index (χ2n) is 8.75. The van der Waals surface area contributed by atoms with Crippen molar-refractivity contribution in [3.05, 3.63) is 53.6 Å². The lowest BCUT2D eigenvalue weighted by molar-refractivity contribution is 0.0290. The van der Waals surface area contributed by atoms with Crippen LogP contribution in [-0.4, -0.2) is 29.3 Å². The first-order valence-electron chi connectivity index (χ1n) is 9.16. The fraction of sp³-hybridized carbons (Fsp3) is 0.524. The van der Waals surface area contributed by atoms with Gasteiger partial charge in [0.15, 0.2) is 0 Å². The smallest absolute Gasteiger partial charge is 0.205 e. The summed E-state index contributed by atoms with van der Waals surface area (Å²) in [6, 6.07) is 9.20. The van der Waals surface area contributed by atoms with E-state index >= 15 is 0 Å². The highest BCUT2D eigenvalue weighted by molar-refractivity contribution is 6.48. The molecule has 6 heteroatoms. The van der Waals surface area contributed by atoms with Gasteiger partial charge in [0, 0.05) is 0 Å². The molecule has 1 N–H and O–H groups in total. The summed E-state index contributed by atoms with van der Waals surface area (Å²) in [5.41, 5.74) is 0.995. The maximum atomic E-state index is 11.0. The highest BCUT2D eigenvalue weighted by Crippen LogP contribution is 2.40. The van der Waals surface area contributed by atoms with Crippen LogP contribution in [0.15, 0.2) is 36.8 Å². The summed E-state index contributed by atoms with van der Waals surface area (Å²) in [6.45, 7) is 14.2. The van der Waals surface area contributed by atoms with Crippen molar-refractivity contribution in [1.82, 2.24) is 9.55 Å². The first kappa shape index (κ1) is 21.4. The summed E-state index contributed by atoms with van der Waals surface area (Å²) < 4.78 is 8.32. The molecule has 145 valence electrons. The molecule has 1 aromatic carbocycles. The Morgan fingerprint density at radius 1 is 1.19 bits per heavy atom. The Balaban J connectivity index is 2.67. The molecule has 0 saturated heterocycles. The molecule has 2 aromatic rings. The topological polar surface area (TPSA) is 71.1 Å². The minimum Gasteiger partial charge on any atom is -0.408 e. The van der Waals surface area contributed by atoms with Crippen LogP contribution < -0.4 is 0 Å². The van der Waals surface area contributed by atoms with Crippen molar-refractivity contribution in [1.29, 1.82) is 5.26 Å². The van der Waals surface area contributed by atoms with Gasteiger partial charge in [0.25, 0.3) is 0 Å². The Morgan fingerprint density at radius 2 is 1.81 bits per heavy atom. The highest BCUT2D eigenvalue weighted by Gasteiger charge is 2.37. The number of benzene rings is 1. The van der Waals surface area contributed by atoms with Crippen molar-refractivity contribution in [2.75, 3.05) is 0 Å². The molecule has 0 aliphatic heterocycles. The van der Waals surface area contributed by atoms with Gasteiger partial charge >= 0.3 is 0 Å². The predicted octanol–water partition coefficient (Wildman–Crippen LogP) is 4.47. The first-order chi connectivity index (χ1) is 12.5. The quantitative estimate of drug-likeness (QED) is 0.746. The summed E-state index contributed by atoms with van der Waals surface area (Å²) in [4.78, 5) is 4.38. The zero-order chi connectivity index (χ0) is 20.4. The van der Waals surface area contributed by atoms with Gasteiger partial charge in [0.1, 0.15) is 0 Å². The van der Waals surface area contributed by atoms with E-state index in [9.17, 15) is 10.4 Å². The second-order valence-corrected chi connectivity index (χ2v) is 10.8. The van der Waals surface area contributed by atoms with Gasteiger partial charge < -0.3 is 14.1 Å². The lowest BCUT2D eigenvalue weighted by Gasteiger charge is -2.37. The van der Waals surface area contributed by atoms with E-state index in [2.05, 4.69) is 44.9 Å². The summed E-state index contributed by atoms with van der Waals surface area (Å²) in [5.74, 6) is 0. The number of aliphatic hydroxyl groups is 1. The molecule has 1 aromatic heterocycles. The molecule has 0 aliphatic rings. The van der Waals surface area contributed by atoms with E-state index < -0.39 is 20.7 Å². The second kappa shape index (κ2) is 7.97. The molecular formula is C21H30N3O2Si. The predicted molar refractivity (Wildman–Crippen MR) is 109 cm³/mol. The van der Waals surface area contributed by atoms with Crippen molar-refractivity contribution in [3.63, 3.8) is 0 Å². The normalized spacial score (nSPS) is 14.8. The SMILES string of the molecule is C[Si](C)OC(c1cncn1C(c1ccccc1C#N)C(C)(C)O)C(C)(C)C. The van der Waals surface area contributed by atoms with E-state index in [1.165, 1.54) is 0 Å². The Morgan fingerprint density at radius 3 is 2.33 bits per heavy atom. The van der Waals surface area contributed by atoms with Crippen molar-refractivity contribution < 1.29 is 9.53 Å². The molecule has 2 unspecified atom stereocenters. The number of imidazole rings is 1. The zero-order valence-corrected chi connectivity index (χ0v) is 18.3. The van der Waals surface area contributed by atoms with Gasteiger partial charge in [0.2, 0.25) is 9.04 Å². The Hall–Kier alpha value is -1.94. The number of hydrogen-bond acceptors (Lipinski definition) is 4. The Kier molecular flexibility index (Phi) is 6.30. The molecule has 1 radical (unpaired) electrons. The van der Waals surface area contributed by atoms with Crippen molar-refractivity contribution in [3.8, 4) is 6.07 Å². The van der Waals surface area contributed by atoms with Crippen molar-refractivity contribution in [2.45, 2.75) is 65.5 Å². The van der Waals surface area contributed by atoms with Crippen LogP contribution >= 0.6 is 0 Å². The monoisotopic (exact) mass is 384 g/mol. The van der Waals surface area contributed by atoms with E-state index in [0.29, 0.717) is 5.56 Å². The molecule has 2 atom stereocenters. The lowest BCUT2D eigenvalue weighted by Crippen LogP contribution is -2.37. The maximum absolute atomic E-state index is 11.0. The van der Waals surface area contributed by atoms with Crippen LogP contribution in [0.5, 0.6) is 0 Å². The summed E-state index contributed by atoms with van der Waals surface area (Å²) in [7, 11) is -0.950.